The number of piperidine rings is 2. The minimum atomic E-state index is -0.708. The summed E-state index contributed by atoms with van der Waals surface area (Å²) in [7, 11) is 0. The van der Waals surface area contributed by atoms with Gasteiger partial charge >= 0.3 is 5.97 Å². The van der Waals surface area contributed by atoms with E-state index in [1.807, 2.05) is 0 Å². The van der Waals surface area contributed by atoms with Crippen LogP contribution in [0.3, 0.4) is 0 Å². The highest BCUT2D eigenvalue weighted by molar-refractivity contribution is 5.80. The van der Waals surface area contributed by atoms with E-state index in [0.717, 1.165) is 11.6 Å². The number of carboxylic acids is 1. The van der Waals surface area contributed by atoms with Gasteiger partial charge in [0.25, 0.3) is 0 Å². The molecule has 1 N–H and O–H groups in total. The zero-order chi connectivity index (χ0) is 15.5. The molecular weight excluding hydrogens is 284 g/mol. The summed E-state index contributed by atoms with van der Waals surface area (Å²) < 4.78 is 0. The molecule has 0 aliphatic carbocycles. The molecule has 7 heteroatoms. The maximum atomic E-state index is 11.3. The van der Waals surface area contributed by atoms with Gasteiger partial charge in [0, 0.05) is 39.0 Å². The molecule has 0 radical (unpaired) electrons. The smallest absolute Gasteiger partial charge is 0.306 e. The Morgan fingerprint density at radius 2 is 1.50 bits per heavy atom. The van der Waals surface area contributed by atoms with Crippen molar-refractivity contribution in [1.29, 1.82) is 0 Å². The number of nitrogens with zero attached hydrogens (tertiary/aromatic N) is 4. The first-order chi connectivity index (χ1) is 10.6. The van der Waals surface area contributed by atoms with Gasteiger partial charge in [-0.1, -0.05) is 0 Å². The Kier molecular flexibility index (Phi) is 4.22. The lowest BCUT2D eigenvalue weighted by atomic mass is 9.97. The molecule has 2 fully saturated rings. The third kappa shape index (κ3) is 3.18. The van der Waals surface area contributed by atoms with Crippen molar-refractivity contribution in [3.8, 4) is 0 Å². The molecule has 1 aromatic heterocycles. The first-order valence-electron chi connectivity index (χ1n) is 7.70. The molecule has 0 saturated carbocycles. The van der Waals surface area contributed by atoms with E-state index in [-0.39, 0.29) is 5.92 Å². The Bertz CT molecular complexity index is 542. The van der Waals surface area contributed by atoms with Gasteiger partial charge < -0.3 is 14.9 Å². The van der Waals surface area contributed by atoms with E-state index in [2.05, 4.69) is 19.8 Å². The number of aliphatic carboxylic acids is 1. The summed E-state index contributed by atoms with van der Waals surface area (Å²) in [6.07, 6.45) is 5.93. The second-order valence-corrected chi connectivity index (χ2v) is 5.86. The molecule has 22 heavy (non-hydrogen) atoms. The van der Waals surface area contributed by atoms with Crippen molar-refractivity contribution >= 4 is 23.4 Å². The molecule has 0 atom stereocenters. The number of carboxylic acid groups (broad SMARTS) is 1. The normalized spacial score (nSPS) is 20.3. The number of hydrogen-bond acceptors (Lipinski definition) is 6. The summed E-state index contributed by atoms with van der Waals surface area (Å²) >= 11 is 0. The van der Waals surface area contributed by atoms with Crippen LogP contribution in [0.4, 0.5) is 11.6 Å². The van der Waals surface area contributed by atoms with Crippen LogP contribution in [0.1, 0.15) is 25.7 Å². The average Bonchev–Trinajstić information content (AvgIpc) is 2.56. The average molecular weight is 304 g/mol. The van der Waals surface area contributed by atoms with Crippen LogP contribution in [0.2, 0.25) is 0 Å². The van der Waals surface area contributed by atoms with Crippen LogP contribution >= 0.6 is 0 Å². The van der Waals surface area contributed by atoms with Crippen molar-refractivity contribution in [3.05, 3.63) is 12.4 Å². The van der Waals surface area contributed by atoms with E-state index in [1.165, 1.54) is 0 Å². The highest BCUT2D eigenvalue weighted by atomic mass is 16.4. The van der Waals surface area contributed by atoms with E-state index in [1.54, 1.807) is 12.4 Å². The van der Waals surface area contributed by atoms with Gasteiger partial charge in [0.2, 0.25) is 0 Å². The van der Waals surface area contributed by atoms with Crippen molar-refractivity contribution in [3.63, 3.8) is 0 Å². The van der Waals surface area contributed by atoms with Crippen molar-refractivity contribution in [1.82, 2.24) is 9.97 Å². The van der Waals surface area contributed by atoms with Gasteiger partial charge in [-0.25, -0.2) is 9.97 Å². The Morgan fingerprint density at radius 1 is 1.00 bits per heavy atom. The molecule has 0 amide bonds. The standard InChI is InChI=1S/C15H20N4O3/c20-12-3-7-19(8-4-12)14-10-16-13(9-17-14)18-5-1-11(2-6-18)15(21)22/h9-11H,1-8H2,(H,21,22). The van der Waals surface area contributed by atoms with E-state index in [0.29, 0.717) is 57.6 Å². The zero-order valence-electron chi connectivity index (χ0n) is 12.4. The first kappa shape index (κ1) is 14.7. The third-order valence-corrected chi connectivity index (χ3v) is 4.44. The van der Waals surface area contributed by atoms with Gasteiger partial charge in [0.1, 0.15) is 17.4 Å². The quantitative estimate of drug-likeness (QED) is 0.889. The summed E-state index contributed by atoms with van der Waals surface area (Å²) in [5.41, 5.74) is 0. The highest BCUT2D eigenvalue weighted by Crippen LogP contribution is 2.23. The largest absolute Gasteiger partial charge is 0.481 e. The fourth-order valence-corrected chi connectivity index (χ4v) is 2.98. The predicted molar refractivity (Wildman–Crippen MR) is 81.1 cm³/mol. The van der Waals surface area contributed by atoms with Gasteiger partial charge in [-0.15, -0.1) is 0 Å². The molecule has 0 bridgehead atoms. The molecule has 2 aliphatic rings. The van der Waals surface area contributed by atoms with Gasteiger partial charge in [0.05, 0.1) is 18.3 Å². The fourth-order valence-electron chi connectivity index (χ4n) is 2.98. The van der Waals surface area contributed by atoms with Crippen LogP contribution in [-0.2, 0) is 9.59 Å². The number of aromatic nitrogens is 2. The predicted octanol–water partition coefficient (Wildman–Crippen LogP) is 0.947. The number of Topliss-reactive ketones (excluding diaryl/α,β-unsaturated/α-hetero) is 1. The molecule has 0 unspecified atom stereocenters. The maximum Gasteiger partial charge on any atom is 0.306 e. The van der Waals surface area contributed by atoms with Crippen molar-refractivity contribution in [2.24, 2.45) is 5.92 Å². The third-order valence-electron chi connectivity index (χ3n) is 4.44. The Labute approximate surface area is 129 Å². The molecule has 118 valence electrons. The molecule has 0 spiro atoms. The second-order valence-electron chi connectivity index (χ2n) is 5.86. The summed E-state index contributed by atoms with van der Waals surface area (Å²) in [6, 6.07) is 0. The van der Waals surface area contributed by atoms with Crippen LogP contribution in [0, 0.1) is 5.92 Å². The summed E-state index contributed by atoms with van der Waals surface area (Å²) in [4.78, 5) is 35.3. The van der Waals surface area contributed by atoms with Crippen LogP contribution in [0.5, 0.6) is 0 Å². The van der Waals surface area contributed by atoms with Crippen LogP contribution in [-0.4, -0.2) is 53.0 Å². The molecule has 2 saturated heterocycles. The number of anilines is 2. The lowest BCUT2D eigenvalue weighted by Gasteiger charge is -2.31. The van der Waals surface area contributed by atoms with Crippen LogP contribution in [0.15, 0.2) is 12.4 Å². The van der Waals surface area contributed by atoms with E-state index >= 15 is 0 Å². The van der Waals surface area contributed by atoms with E-state index in [9.17, 15) is 9.59 Å². The second kappa shape index (κ2) is 6.29. The SMILES string of the molecule is O=C1CCN(c2cnc(N3CCC(C(=O)O)CC3)cn2)CC1. The van der Waals surface area contributed by atoms with Gasteiger partial charge in [-0.3, -0.25) is 9.59 Å². The van der Waals surface area contributed by atoms with Gasteiger partial charge in [-0.05, 0) is 12.8 Å². The molecule has 2 aliphatic heterocycles. The van der Waals surface area contributed by atoms with Crippen molar-refractivity contribution in [2.45, 2.75) is 25.7 Å². The van der Waals surface area contributed by atoms with Crippen molar-refractivity contribution < 1.29 is 14.7 Å². The minimum Gasteiger partial charge on any atom is -0.481 e. The topological polar surface area (TPSA) is 86.6 Å². The van der Waals surface area contributed by atoms with Crippen LogP contribution in [0.25, 0.3) is 0 Å². The molecule has 1 aromatic rings. The number of ketones is 1. The van der Waals surface area contributed by atoms with E-state index < -0.39 is 5.97 Å². The highest BCUT2D eigenvalue weighted by Gasteiger charge is 2.25. The maximum absolute atomic E-state index is 11.3. The Balaban J connectivity index is 1.60. The lowest BCUT2D eigenvalue weighted by molar-refractivity contribution is -0.142. The van der Waals surface area contributed by atoms with Gasteiger partial charge in [0.15, 0.2) is 0 Å². The number of rotatable bonds is 3. The van der Waals surface area contributed by atoms with Crippen molar-refractivity contribution in [2.75, 3.05) is 36.0 Å². The first-order valence-corrected chi connectivity index (χ1v) is 7.70. The van der Waals surface area contributed by atoms with Crippen LogP contribution < -0.4 is 9.80 Å². The zero-order valence-corrected chi connectivity index (χ0v) is 12.4. The lowest BCUT2D eigenvalue weighted by Crippen LogP contribution is -2.37. The fraction of sp³-hybridized carbons (Fsp3) is 0.600. The number of carbonyl (C=O) groups is 2. The summed E-state index contributed by atoms with van der Waals surface area (Å²) in [5, 5.41) is 9.02. The molecule has 3 rings (SSSR count). The van der Waals surface area contributed by atoms with E-state index in [4.69, 9.17) is 5.11 Å². The minimum absolute atomic E-state index is 0.241. The number of carbonyl (C=O) groups excluding carboxylic acids is 1. The summed E-state index contributed by atoms with van der Waals surface area (Å²) in [6.45, 7) is 2.81. The molecule has 7 nitrogen and oxygen atoms in total. The Hall–Kier alpha value is -2.18. The van der Waals surface area contributed by atoms with Gasteiger partial charge in [-0.2, -0.15) is 0 Å². The number of hydrogen-bond donors (Lipinski definition) is 1. The molecule has 3 heterocycles. The molecular formula is C15H20N4O3. The molecule has 0 aromatic carbocycles. The Morgan fingerprint density at radius 3 is 1.95 bits per heavy atom. The monoisotopic (exact) mass is 304 g/mol. The summed E-state index contributed by atoms with van der Waals surface area (Å²) in [5.74, 6) is 0.953.